The zero-order valence-corrected chi connectivity index (χ0v) is 14.0. The molecule has 1 aliphatic rings. The third-order valence-electron chi connectivity index (χ3n) is 4.41. The summed E-state index contributed by atoms with van der Waals surface area (Å²) in [5, 5.41) is 0. The van der Waals surface area contributed by atoms with Gasteiger partial charge in [-0.1, -0.05) is 18.2 Å². The van der Waals surface area contributed by atoms with Gasteiger partial charge in [0, 0.05) is 19.3 Å². The average Bonchev–Trinajstić information content (AvgIpc) is 3.08. The normalized spacial score (nSPS) is 15.8. The Bertz CT molecular complexity index is 961. The van der Waals surface area contributed by atoms with Crippen LogP contribution in [0.2, 0.25) is 0 Å². The quantitative estimate of drug-likeness (QED) is 0.792. The van der Waals surface area contributed by atoms with Gasteiger partial charge in [-0.2, -0.15) is 0 Å². The molecule has 1 aromatic carbocycles. The number of piperidine rings is 1. The van der Waals surface area contributed by atoms with Crippen LogP contribution < -0.4 is 4.90 Å². The van der Waals surface area contributed by atoms with E-state index in [0.717, 1.165) is 31.7 Å². The number of hydrogen-bond donors (Lipinski definition) is 1. The summed E-state index contributed by atoms with van der Waals surface area (Å²) in [6.07, 6.45) is 6.45. The van der Waals surface area contributed by atoms with Crippen molar-refractivity contribution in [3.8, 4) is 0 Å². The highest BCUT2D eigenvalue weighted by Gasteiger charge is 2.25. The summed E-state index contributed by atoms with van der Waals surface area (Å²) in [5.74, 6) is 0.786. The Kier molecular flexibility index (Phi) is 3.72. The fraction of sp³-hybridized carbons (Fsp3) is 0.294. The van der Waals surface area contributed by atoms with Crippen LogP contribution in [0.25, 0.3) is 11.0 Å². The molecule has 0 atom stereocenters. The van der Waals surface area contributed by atoms with Crippen molar-refractivity contribution in [3.05, 3.63) is 42.9 Å². The lowest BCUT2D eigenvalue weighted by Crippen LogP contribution is -2.30. The number of benzene rings is 1. The third kappa shape index (κ3) is 2.45. The first-order chi connectivity index (χ1) is 11.7. The Hall–Kier alpha value is -2.41. The van der Waals surface area contributed by atoms with E-state index in [2.05, 4.69) is 19.9 Å². The second-order valence-corrected chi connectivity index (χ2v) is 7.86. The highest BCUT2D eigenvalue weighted by Crippen LogP contribution is 2.31. The van der Waals surface area contributed by atoms with Crippen molar-refractivity contribution in [2.24, 2.45) is 0 Å². The third-order valence-corrected chi connectivity index (χ3v) is 6.19. The highest BCUT2D eigenvalue weighted by atomic mass is 32.2. The topological polar surface area (TPSA) is 79.0 Å². The van der Waals surface area contributed by atoms with E-state index in [0.29, 0.717) is 11.0 Å². The summed E-state index contributed by atoms with van der Waals surface area (Å²) in [5.41, 5.74) is 1.14. The summed E-state index contributed by atoms with van der Waals surface area (Å²) in [7, 11) is -3.61. The molecule has 0 radical (unpaired) electrons. The van der Waals surface area contributed by atoms with Crippen LogP contribution in [0.15, 0.2) is 52.6 Å². The van der Waals surface area contributed by atoms with Crippen molar-refractivity contribution in [1.29, 1.82) is 0 Å². The molecule has 6 nitrogen and oxygen atoms in total. The van der Waals surface area contributed by atoms with Gasteiger partial charge in [-0.05, 0) is 31.4 Å². The van der Waals surface area contributed by atoms with E-state index in [-0.39, 0.29) is 9.79 Å². The fourth-order valence-electron chi connectivity index (χ4n) is 3.18. The van der Waals surface area contributed by atoms with Crippen LogP contribution in [0.4, 0.5) is 5.82 Å². The first-order valence-electron chi connectivity index (χ1n) is 8.05. The minimum Gasteiger partial charge on any atom is -0.356 e. The fourth-order valence-corrected chi connectivity index (χ4v) is 4.57. The minimum atomic E-state index is -3.61. The number of aromatic nitrogens is 3. The molecule has 0 spiro atoms. The lowest BCUT2D eigenvalue weighted by Gasteiger charge is -2.27. The molecule has 0 unspecified atom stereocenters. The number of sulfone groups is 1. The molecule has 1 N–H and O–H groups in total. The van der Waals surface area contributed by atoms with Crippen molar-refractivity contribution >= 4 is 26.7 Å². The number of H-pyrrole nitrogens is 1. The van der Waals surface area contributed by atoms with Gasteiger partial charge in [0.05, 0.1) is 4.90 Å². The van der Waals surface area contributed by atoms with E-state index in [9.17, 15) is 8.42 Å². The van der Waals surface area contributed by atoms with Gasteiger partial charge < -0.3 is 9.88 Å². The Morgan fingerprint density at radius 2 is 1.75 bits per heavy atom. The van der Waals surface area contributed by atoms with Crippen molar-refractivity contribution in [2.75, 3.05) is 18.0 Å². The van der Waals surface area contributed by atoms with Crippen LogP contribution in [-0.4, -0.2) is 36.5 Å². The first kappa shape index (κ1) is 15.1. The molecule has 24 heavy (non-hydrogen) atoms. The van der Waals surface area contributed by atoms with E-state index >= 15 is 0 Å². The number of hydrogen-bond acceptors (Lipinski definition) is 5. The largest absolute Gasteiger partial charge is 0.356 e. The molecule has 2 aromatic heterocycles. The number of aromatic amines is 1. The highest BCUT2D eigenvalue weighted by molar-refractivity contribution is 7.91. The van der Waals surface area contributed by atoms with Crippen molar-refractivity contribution in [1.82, 2.24) is 15.0 Å². The molecule has 3 heterocycles. The lowest BCUT2D eigenvalue weighted by atomic mass is 10.1. The van der Waals surface area contributed by atoms with Crippen LogP contribution in [0.5, 0.6) is 0 Å². The van der Waals surface area contributed by atoms with Gasteiger partial charge in [-0.15, -0.1) is 0 Å². The number of nitrogens with zero attached hydrogens (tertiary/aromatic N) is 3. The van der Waals surface area contributed by atoms with Gasteiger partial charge in [0.25, 0.3) is 0 Å². The van der Waals surface area contributed by atoms with Crippen LogP contribution in [-0.2, 0) is 9.84 Å². The zero-order valence-electron chi connectivity index (χ0n) is 13.1. The van der Waals surface area contributed by atoms with E-state index < -0.39 is 9.84 Å². The maximum Gasteiger partial charge on any atom is 0.210 e. The summed E-state index contributed by atoms with van der Waals surface area (Å²) >= 11 is 0. The zero-order chi connectivity index (χ0) is 16.6. The van der Waals surface area contributed by atoms with Crippen LogP contribution >= 0.6 is 0 Å². The van der Waals surface area contributed by atoms with Crippen LogP contribution in [0, 0.1) is 0 Å². The minimum absolute atomic E-state index is 0.198. The lowest BCUT2D eigenvalue weighted by molar-refractivity contribution is 0.574. The molecule has 0 aliphatic carbocycles. The summed E-state index contributed by atoms with van der Waals surface area (Å²) in [4.78, 5) is 14.4. The predicted molar refractivity (Wildman–Crippen MR) is 91.8 cm³/mol. The first-order valence-corrected chi connectivity index (χ1v) is 9.53. The van der Waals surface area contributed by atoms with Gasteiger partial charge in [0.15, 0.2) is 5.82 Å². The Morgan fingerprint density at radius 3 is 2.50 bits per heavy atom. The van der Waals surface area contributed by atoms with Crippen molar-refractivity contribution < 1.29 is 8.42 Å². The Balaban J connectivity index is 1.84. The molecule has 7 heteroatoms. The maximum atomic E-state index is 12.9. The summed E-state index contributed by atoms with van der Waals surface area (Å²) in [6.45, 7) is 1.87. The van der Waals surface area contributed by atoms with Gasteiger partial charge in [0.1, 0.15) is 22.3 Å². The summed E-state index contributed by atoms with van der Waals surface area (Å²) in [6, 6.07) is 8.43. The number of fused-ring (bicyclic) bond motifs is 1. The second-order valence-electron chi connectivity index (χ2n) is 5.94. The Morgan fingerprint density at radius 1 is 1.00 bits per heavy atom. The van der Waals surface area contributed by atoms with Gasteiger partial charge in [0.2, 0.25) is 9.84 Å². The summed E-state index contributed by atoms with van der Waals surface area (Å²) < 4.78 is 25.8. The molecule has 0 saturated carbocycles. The van der Waals surface area contributed by atoms with Gasteiger partial charge in [-0.25, -0.2) is 18.4 Å². The predicted octanol–water partition coefficient (Wildman–Crippen LogP) is 2.78. The van der Waals surface area contributed by atoms with E-state index in [1.165, 1.54) is 18.9 Å². The van der Waals surface area contributed by atoms with Crippen molar-refractivity contribution in [2.45, 2.75) is 29.1 Å². The maximum absolute atomic E-state index is 12.9. The molecule has 1 fully saturated rings. The van der Waals surface area contributed by atoms with Gasteiger partial charge >= 0.3 is 0 Å². The molecular weight excluding hydrogens is 324 g/mol. The van der Waals surface area contributed by atoms with Crippen LogP contribution in [0.1, 0.15) is 19.3 Å². The van der Waals surface area contributed by atoms with Gasteiger partial charge in [-0.3, -0.25) is 0 Å². The Labute approximate surface area is 140 Å². The molecule has 4 rings (SSSR count). The molecular formula is C17H18N4O2S. The van der Waals surface area contributed by atoms with Crippen molar-refractivity contribution in [3.63, 3.8) is 0 Å². The number of rotatable bonds is 3. The number of nitrogens with one attached hydrogen (secondary N) is 1. The molecule has 0 bridgehead atoms. The second kappa shape index (κ2) is 5.90. The molecule has 1 saturated heterocycles. The molecule has 0 amide bonds. The van der Waals surface area contributed by atoms with E-state index in [1.54, 1.807) is 30.3 Å². The smallest absolute Gasteiger partial charge is 0.210 e. The van der Waals surface area contributed by atoms with Crippen LogP contribution in [0.3, 0.4) is 0 Å². The molecule has 1 aliphatic heterocycles. The van der Waals surface area contributed by atoms with E-state index in [4.69, 9.17) is 0 Å². The van der Waals surface area contributed by atoms with E-state index in [1.807, 2.05) is 0 Å². The SMILES string of the molecule is O=S(=O)(c1ccccc1)c1c[nH]c2c(N3CCCCC3)ncnc12. The standard InChI is InChI=1S/C17H18N4O2S/c22-24(23,13-7-3-1-4-8-13)14-11-18-16-15(14)19-12-20-17(16)21-9-5-2-6-10-21/h1,3-4,7-8,11-12,18H,2,5-6,9-10H2. The molecule has 124 valence electrons. The number of anilines is 1. The average molecular weight is 342 g/mol. The molecule has 3 aromatic rings. The monoisotopic (exact) mass is 342 g/mol.